The zero-order valence-corrected chi connectivity index (χ0v) is 10.2. The molecule has 106 valence electrons. The number of carboxylic acids is 1. The van der Waals surface area contributed by atoms with E-state index in [2.05, 4.69) is 5.32 Å². The molecule has 0 aliphatic heterocycles. The molecule has 0 aromatic rings. The molecule has 0 saturated carbocycles. The SMILES string of the molecule is CC(C)CC(NC(=O)CNCC(F)(F)F)C(=O)O. The minimum absolute atomic E-state index is 0.0505. The van der Waals surface area contributed by atoms with Gasteiger partial charge in [-0.1, -0.05) is 13.8 Å². The number of carboxylic acid groups (broad SMARTS) is 1. The summed E-state index contributed by atoms with van der Waals surface area (Å²) in [7, 11) is 0. The van der Waals surface area contributed by atoms with Crippen LogP contribution in [0.15, 0.2) is 0 Å². The lowest BCUT2D eigenvalue weighted by Crippen LogP contribution is -2.46. The van der Waals surface area contributed by atoms with Gasteiger partial charge in [0.15, 0.2) is 0 Å². The molecular weight excluding hydrogens is 253 g/mol. The fraction of sp³-hybridized carbons (Fsp3) is 0.800. The number of nitrogens with one attached hydrogen (secondary N) is 2. The van der Waals surface area contributed by atoms with Crippen molar-refractivity contribution in [2.75, 3.05) is 13.1 Å². The van der Waals surface area contributed by atoms with Crippen molar-refractivity contribution in [2.24, 2.45) is 5.92 Å². The molecule has 1 unspecified atom stereocenters. The van der Waals surface area contributed by atoms with Crippen LogP contribution in [-0.2, 0) is 9.59 Å². The van der Waals surface area contributed by atoms with Crippen molar-refractivity contribution < 1.29 is 27.9 Å². The first-order chi connectivity index (χ1) is 8.11. The summed E-state index contributed by atoms with van der Waals surface area (Å²) < 4.78 is 35.3. The van der Waals surface area contributed by atoms with Gasteiger partial charge < -0.3 is 15.7 Å². The van der Waals surface area contributed by atoms with Crippen molar-refractivity contribution in [3.8, 4) is 0 Å². The molecule has 0 radical (unpaired) electrons. The lowest BCUT2D eigenvalue weighted by atomic mass is 10.0. The molecule has 0 aromatic carbocycles. The summed E-state index contributed by atoms with van der Waals surface area (Å²) in [4.78, 5) is 22.0. The van der Waals surface area contributed by atoms with Gasteiger partial charge in [-0.05, 0) is 12.3 Å². The topological polar surface area (TPSA) is 78.4 Å². The molecular formula is C10H17F3N2O3. The van der Waals surface area contributed by atoms with E-state index in [-0.39, 0.29) is 12.3 Å². The van der Waals surface area contributed by atoms with Crippen LogP contribution in [0.1, 0.15) is 20.3 Å². The van der Waals surface area contributed by atoms with Gasteiger partial charge in [-0.2, -0.15) is 13.2 Å². The number of hydrogen-bond acceptors (Lipinski definition) is 3. The van der Waals surface area contributed by atoms with Crippen LogP contribution in [0.3, 0.4) is 0 Å². The molecule has 0 saturated heterocycles. The normalized spacial score (nSPS) is 13.4. The standard InChI is InChI=1S/C10H17F3N2O3/c1-6(2)3-7(9(17)18)15-8(16)4-14-5-10(11,12)13/h6-7,14H,3-5H2,1-2H3,(H,15,16)(H,17,18). The van der Waals surface area contributed by atoms with Crippen molar-refractivity contribution in [3.63, 3.8) is 0 Å². The van der Waals surface area contributed by atoms with E-state index in [9.17, 15) is 22.8 Å². The van der Waals surface area contributed by atoms with Crippen LogP contribution < -0.4 is 10.6 Å². The first kappa shape index (κ1) is 16.7. The Morgan fingerprint density at radius 2 is 1.83 bits per heavy atom. The summed E-state index contributed by atoms with van der Waals surface area (Å²) in [6.45, 7) is 1.71. The highest BCUT2D eigenvalue weighted by atomic mass is 19.4. The molecule has 1 amide bonds. The highest BCUT2D eigenvalue weighted by Gasteiger charge is 2.27. The predicted molar refractivity (Wildman–Crippen MR) is 57.9 cm³/mol. The maximum absolute atomic E-state index is 11.8. The lowest BCUT2D eigenvalue weighted by Gasteiger charge is -2.16. The molecule has 0 fully saturated rings. The zero-order valence-electron chi connectivity index (χ0n) is 10.2. The molecule has 0 rings (SSSR count). The van der Waals surface area contributed by atoms with E-state index < -0.39 is 37.2 Å². The van der Waals surface area contributed by atoms with E-state index in [1.165, 1.54) is 0 Å². The summed E-state index contributed by atoms with van der Waals surface area (Å²) in [5.41, 5.74) is 0. The zero-order chi connectivity index (χ0) is 14.3. The summed E-state index contributed by atoms with van der Waals surface area (Å²) in [5, 5.41) is 12.9. The molecule has 0 bridgehead atoms. The minimum atomic E-state index is -4.40. The Kier molecular flexibility index (Phi) is 6.67. The van der Waals surface area contributed by atoms with Gasteiger partial charge in [0.25, 0.3) is 0 Å². The number of amides is 1. The molecule has 0 aliphatic rings. The number of aliphatic carboxylic acids is 1. The van der Waals surface area contributed by atoms with Gasteiger partial charge in [0.1, 0.15) is 6.04 Å². The summed E-state index contributed by atoms with van der Waals surface area (Å²) in [5.74, 6) is -1.92. The smallest absolute Gasteiger partial charge is 0.401 e. The van der Waals surface area contributed by atoms with E-state index in [0.29, 0.717) is 0 Å². The van der Waals surface area contributed by atoms with Crippen molar-refractivity contribution >= 4 is 11.9 Å². The maximum Gasteiger partial charge on any atom is 0.401 e. The summed E-state index contributed by atoms with van der Waals surface area (Å²) >= 11 is 0. The van der Waals surface area contributed by atoms with Crippen molar-refractivity contribution in [1.29, 1.82) is 0 Å². The summed E-state index contributed by atoms with van der Waals surface area (Å²) in [6.07, 6.45) is -4.18. The highest BCUT2D eigenvalue weighted by molar-refractivity contribution is 5.84. The van der Waals surface area contributed by atoms with Crippen LogP contribution in [-0.4, -0.2) is 42.3 Å². The Labute approximate surface area is 103 Å². The van der Waals surface area contributed by atoms with Crippen LogP contribution in [0.4, 0.5) is 13.2 Å². The van der Waals surface area contributed by atoms with E-state index in [0.717, 1.165) is 0 Å². The number of carbonyl (C=O) groups excluding carboxylic acids is 1. The third kappa shape index (κ3) is 8.80. The third-order valence-corrected chi connectivity index (χ3v) is 1.95. The second kappa shape index (κ2) is 7.20. The van der Waals surface area contributed by atoms with E-state index >= 15 is 0 Å². The van der Waals surface area contributed by atoms with Crippen LogP contribution >= 0.6 is 0 Å². The average Bonchev–Trinajstić information content (AvgIpc) is 2.13. The molecule has 8 heteroatoms. The Morgan fingerprint density at radius 3 is 2.22 bits per heavy atom. The second-order valence-corrected chi connectivity index (χ2v) is 4.31. The Morgan fingerprint density at radius 1 is 1.28 bits per heavy atom. The molecule has 0 heterocycles. The fourth-order valence-corrected chi connectivity index (χ4v) is 1.26. The molecule has 3 N–H and O–H groups in total. The van der Waals surface area contributed by atoms with E-state index in [4.69, 9.17) is 5.11 Å². The second-order valence-electron chi connectivity index (χ2n) is 4.31. The van der Waals surface area contributed by atoms with Crippen LogP contribution in [0.5, 0.6) is 0 Å². The Balaban J connectivity index is 4.07. The summed E-state index contributed by atoms with van der Waals surface area (Å²) in [6, 6.07) is -1.08. The van der Waals surface area contributed by atoms with Crippen molar-refractivity contribution in [2.45, 2.75) is 32.5 Å². The van der Waals surface area contributed by atoms with Gasteiger partial charge in [-0.3, -0.25) is 4.79 Å². The quantitative estimate of drug-likeness (QED) is 0.638. The van der Waals surface area contributed by atoms with Crippen molar-refractivity contribution in [1.82, 2.24) is 10.6 Å². The largest absolute Gasteiger partial charge is 0.480 e. The Bertz CT molecular complexity index is 293. The number of carbonyl (C=O) groups is 2. The monoisotopic (exact) mass is 270 g/mol. The highest BCUT2D eigenvalue weighted by Crippen LogP contribution is 2.11. The number of rotatable bonds is 7. The van der Waals surface area contributed by atoms with Crippen LogP contribution in [0, 0.1) is 5.92 Å². The molecule has 18 heavy (non-hydrogen) atoms. The van der Waals surface area contributed by atoms with E-state index in [1.807, 2.05) is 5.32 Å². The van der Waals surface area contributed by atoms with E-state index in [1.54, 1.807) is 13.8 Å². The van der Waals surface area contributed by atoms with Gasteiger partial charge in [0.2, 0.25) is 5.91 Å². The first-order valence-corrected chi connectivity index (χ1v) is 5.41. The molecule has 1 atom stereocenters. The average molecular weight is 270 g/mol. The number of alkyl halides is 3. The molecule has 0 aliphatic carbocycles. The Hall–Kier alpha value is -1.31. The lowest BCUT2D eigenvalue weighted by molar-refractivity contribution is -0.142. The maximum atomic E-state index is 11.8. The fourth-order valence-electron chi connectivity index (χ4n) is 1.26. The van der Waals surface area contributed by atoms with Gasteiger partial charge in [0.05, 0.1) is 13.1 Å². The molecule has 5 nitrogen and oxygen atoms in total. The number of hydrogen-bond donors (Lipinski definition) is 3. The predicted octanol–water partition coefficient (Wildman–Crippen LogP) is 0.754. The van der Waals surface area contributed by atoms with Gasteiger partial charge in [-0.25, -0.2) is 4.79 Å². The van der Waals surface area contributed by atoms with Gasteiger partial charge in [-0.15, -0.1) is 0 Å². The minimum Gasteiger partial charge on any atom is -0.480 e. The molecule has 0 spiro atoms. The van der Waals surface area contributed by atoms with Gasteiger partial charge >= 0.3 is 12.1 Å². The third-order valence-electron chi connectivity index (χ3n) is 1.95. The van der Waals surface area contributed by atoms with Gasteiger partial charge in [0, 0.05) is 0 Å². The van der Waals surface area contributed by atoms with Crippen molar-refractivity contribution in [3.05, 3.63) is 0 Å². The molecule has 0 aromatic heterocycles. The number of halogens is 3. The van der Waals surface area contributed by atoms with Crippen LogP contribution in [0.2, 0.25) is 0 Å². The first-order valence-electron chi connectivity index (χ1n) is 5.41. The van der Waals surface area contributed by atoms with Crippen LogP contribution in [0.25, 0.3) is 0 Å².